The first kappa shape index (κ1) is 29.3. The Balaban J connectivity index is 1.16. The van der Waals surface area contributed by atoms with E-state index in [1.807, 2.05) is 0 Å². The minimum Gasteiger partial charge on any atom is -0.384 e. The van der Waals surface area contributed by atoms with Gasteiger partial charge in [0.2, 0.25) is 11.8 Å². The molecule has 0 bridgehead atoms. The molecule has 1 unspecified atom stereocenters. The Morgan fingerprint density at radius 3 is 2.64 bits per heavy atom. The zero-order chi connectivity index (χ0) is 31.4. The van der Waals surface area contributed by atoms with Gasteiger partial charge >= 0.3 is 0 Å². The number of benzene rings is 2. The summed E-state index contributed by atoms with van der Waals surface area (Å²) in [6, 6.07) is 10.2. The van der Waals surface area contributed by atoms with Crippen LogP contribution in [0.2, 0.25) is 0 Å². The van der Waals surface area contributed by atoms with E-state index in [2.05, 4.69) is 20.7 Å². The zero-order valence-corrected chi connectivity index (χ0v) is 24.3. The summed E-state index contributed by atoms with van der Waals surface area (Å²) < 4.78 is 29.9. The first-order chi connectivity index (χ1) is 21.0. The van der Waals surface area contributed by atoms with E-state index in [1.165, 1.54) is 46.6 Å². The number of nitrogens with zero attached hydrogens (tertiary/aromatic N) is 4. The molecule has 44 heavy (non-hydrogen) atoms. The fourth-order valence-corrected chi connectivity index (χ4v) is 7.30. The Kier molecular flexibility index (Phi) is 7.13. The molecular weight excluding hydrogens is 590 g/mol. The monoisotopic (exact) mass is 618 g/mol. The van der Waals surface area contributed by atoms with Gasteiger partial charge in [0.05, 0.1) is 12.6 Å². The van der Waals surface area contributed by atoms with Crippen molar-refractivity contribution in [1.82, 2.24) is 15.5 Å². The molecule has 6 rings (SSSR count). The number of carbonyl (C=O) groups is 3. The number of likely N-dealkylation sites (tertiary alicyclic amines) is 1. The molecule has 2 heterocycles. The quantitative estimate of drug-likeness (QED) is 0.0912. The number of carbonyl (C=O) groups excluding carboxylic acids is 3. The van der Waals surface area contributed by atoms with Crippen molar-refractivity contribution in [2.24, 2.45) is 16.3 Å². The highest BCUT2D eigenvalue weighted by Gasteiger charge is 2.66. The predicted molar refractivity (Wildman–Crippen MR) is 159 cm³/mol. The smallest absolute Gasteiger partial charge is 0.299 e. The Morgan fingerprint density at radius 2 is 1.91 bits per heavy atom. The molecule has 1 aliphatic heterocycles. The number of halogens is 2. The van der Waals surface area contributed by atoms with Crippen molar-refractivity contribution in [3.8, 4) is 11.1 Å². The maximum absolute atomic E-state index is 14.9. The summed E-state index contributed by atoms with van der Waals surface area (Å²) in [4.78, 5) is 45.2. The highest BCUT2D eigenvalue weighted by molar-refractivity contribution is 7.10. The summed E-state index contributed by atoms with van der Waals surface area (Å²) in [5, 5.41) is 18.6. The van der Waals surface area contributed by atoms with Crippen molar-refractivity contribution in [2.75, 3.05) is 13.1 Å². The molecule has 3 aromatic rings. The molecule has 1 saturated heterocycles. The Labute approximate surface area is 254 Å². The molecule has 4 atom stereocenters. The summed E-state index contributed by atoms with van der Waals surface area (Å²) in [6.07, 6.45) is 0.868. The molecule has 3 amide bonds. The molecule has 0 radical (unpaired) electrons. The highest BCUT2D eigenvalue weighted by atomic mass is 32.1. The van der Waals surface area contributed by atoms with E-state index in [-0.39, 0.29) is 46.6 Å². The van der Waals surface area contributed by atoms with Crippen molar-refractivity contribution in [3.05, 3.63) is 91.5 Å². The third-order valence-corrected chi connectivity index (χ3v) is 9.86. The number of thiophene rings is 1. The second-order valence-corrected chi connectivity index (χ2v) is 12.4. The van der Waals surface area contributed by atoms with E-state index in [1.54, 1.807) is 30.5 Å². The average Bonchev–Trinajstić information content (AvgIpc) is 3.29. The minimum absolute atomic E-state index is 0.0802. The number of fused-ring (bicyclic) bond motifs is 4. The predicted octanol–water partition coefficient (Wildman–Crippen LogP) is 4.43. The van der Waals surface area contributed by atoms with Crippen LogP contribution in [0.5, 0.6) is 0 Å². The summed E-state index contributed by atoms with van der Waals surface area (Å²) >= 11 is 1.35. The lowest BCUT2D eigenvalue weighted by Crippen LogP contribution is -2.51. The number of amides is 3. The van der Waals surface area contributed by atoms with Crippen LogP contribution in [0.4, 0.5) is 8.78 Å². The van der Waals surface area contributed by atoms with Gasteiger partial charge in [0.1, 0.15) is 11.9 Å². The number of rotatable bonds is 9. The number of nitrogen functional groups attached to an aromatic ring is 1. The molecule has 2 aromatic carbocycles. The summed E-state index contributed by atoms with van der Waals surface area (Å²) in [7, 11) is 0. The average molecular weight is 619 g/mol. The fourth-order valence-electron chi connectivity index (χ4n) is 6.38. The SMILES string of the molecule is CC(NC(=O)[C@@H]1C[C@]2(CN=[N+]=[N-])C[C@@H]2N1C(=O)CNC(=O)c1ccc2c(c1)-c1ccccc1C2(F)F)c1cc(C(=N)N)cs1. The molecule has 2 fully saturated rings. The topological polar surface area (TPSA) is 177 Å². The third kappa shape index (κ3) is 4.85. The lowest BCUT2D eigenvalue weighted by atomic mass is 9.99. The Hall–Kier alpha value is -4.81. The van der Waals surface area contributed by atoms with Crippen molar-refractivity contribution in [1.29, 1.82) is 5.41 Å². The second kappa shape index (κ2) is 10.7. The first-order valence-corrected chi connectivity index (χ1v) is 14.8. The van der Waals surface area contributed by atoms with Crippen LogP contribution in [0.25, 0.3) is 21.6 Å². The minimum atomic E-state index is -3.18. The van der Waals surface area contributed by atoms with Crippen molar-refractivity contribution >= 4 is 34.9 Å². The van der Waals surface area contributed by atoms with Crippen molar-refractivity contribution in [3.63, 3.8) is 0 Å². The van der Waals surface area contributed by atoms with E-state index in [4.69, 9.17) is 16.7 Å². The molecule has 11 nitrogen and oxygen atoms in total. The van der Waals surface area contributed by atoms with Crippen LogP contribution in [0.3, 0.4) is 0 Å². The van der Waals surface area contributed by atoms with Crippen LogP contribution in [0.1, 0.15) is 57.7 Å². The van der Waals surface area contributed by atoms with Gasteiger partial charge in [0, 0.05) is 55.4 Å². The van der Waals surface area contributed by atoms with E-state index < -0.39 is 41.8 Å². The largest absolute Gasteiger partial charge is 0.384 e. The number of nitrogens with two attached hydrogens (primary N) is 1. The van der Waals surface area contributed by atoms with E-state index in [0.29, 0.717) is 24.0 Å². The van der Waals surface area contributed by atoms with Crippen LogP contribution in [-0.4, -0.2) is 53.6 Å². The van der Waals surface area contributed by atoms with E-state index >= 15 is 0 Å². The van der Waals surface area contributed by atoms with Crippen molar-refractivity contribution < 1.29 is 23.2 Å². The summed E-state index contributed by atoms with van der Waals surface area (Å²) in [6.45, 7) is 1.51. The molecular formula is C30H28F2N8O3S. The molecule has 3 aliphatic rings. The normalized spacial score (nSPS) is 22.6. The van der Waals surface area contributed by atoms with Gasteiger partial charge < -0.3 is 21.3 Å². The number of hydrogen-bond donors (Lipinski definition) is 4. The van der Waals surface area contributed by atoms with Gasteiger partial charge in [-0.25, -0.2) is 0 Å². The molecule has 14 heteroatoms. The maximum Gasteiger partial charge on any atom is 0.299 e. The number of hydrogen-bond acceptors (Lipinski definition) is 6. The van der Waals surface area contributed by atoms with Crippen molar-refractivity contribution in [2.45, 2.75) is 43.8 Å². The van der Waals surface area contributed by atoms with Gasteiger partial charge in [0.15, 0.2) is 0 Å². The van der Waals surface area contributed by atoms with E-state index in [0.717, 1.165) is 4.88 Å². The first-order valence-electron chi connectivity index (χ1n) is 13.9. The number of alkyl halides is 2. The number of nitrogens with one attached hydrogen (secondary N) is 3. The molecule has 0 spiro atoms. The number of piperidine rings is 1. The molecule has 226 valence electrons. The van der Waals surface area contributed by atoms with Gasteiger partial charge in [0.25, 0.3) is 11.8 Å². The Morgan fingerprint density at radius 1 is 1.16 bits per heavy atom. The molecule has 1 saturated carbocycles. The lowest BCUT2D eigenvalue weighted by Gasteiger charge is -2.28. The third-order valence-electron chi connectivity index (χ3n) is 8.75. The van der Waals surface area contributed by atoms with Gasteiger partial charge in [-0.3, -0.25) is 19.8 Å². The van der Waals surface area contributed by atoms with Crippen LogP contribution >= 0.6 is 11.3 Å². The van der Waals surface area contributed by atoms with Crippen LogP contribution < -0.4 is 16.4 Å². The van der Waals surface area contributed by atoms with Crippen LogP contribution in [0, 0.1) is 10.8 Å². The number of azide groups is 1. The molecule has 5 N–H and O–H groups in total. The lowest BCUT2D eigenvalue weighted by molar-refractivity contribution is -0.139. The number of amidine groups is 1. The van der Waals surface area contributed by atoms with Crippen LogP contribution in [-0.2, 0) is 15.5 Å². The molecule has 1 aromatic heterocycles. The standard InChI is InChI=1S/C30H28F2N8O3S/c1-15(23-9-17(13-44-23)26(33)34)38-28(43)22-10-29(14-37-39-35)11-24(29)40(22)25(41)12-36-27(42)16-6-7-21-19(8-16)18-4-2-3-5-20(18)30(21,31)32/h2-9,13,15,22,24H,10-12,14H2,1H3,(H3,33,34)(H,36,42)(H,38,43)/t15?,22-,24-,29+/m0/s1. The second-order valence-electron chi connectivity index (χ2n) is 11.4. The Bertz CT molecular complexity index is 1770. The van der Waals surface area contributed by atoms with Crippen LogP contribution in [0.15, 0.2) is 59.0 Å². The van der Waals surface area contributed by atoms with Gasteiger partial charge in [-0.05, 0) is 54.6 Å². The summed E-state index contributed by atoms with van der Waals surface area (Å²) in [5.74, 6) is -4.74. The summed E-state index contributed by atoms with van der Waals surface area (Å²) in [5.41, 5.74) is 14.9. The maximum atomic E-state index is 14.9. The fraction of sp³-hybridized carbons (Fsp3) is 0.333. The molecule has 2 aliphatic carbocycles. The van der Waals surface area contributed by atoms with Gasteiger partial charge in [-0.2, -0.15) is 8.78 Å². The zero-order valence-electron chi connectivity index (χ0n) is 23.5. The van der Waals surface area contributed by atoms with Gasteiger partial charge in [-0.1, -0.05) is 35.4 Å². The highest BCUT2D eigenvalue weighted by Crippen LogP contribution is 2.60. The van der Waals surface area contributed by atoms with E-state index in [9.17, 15) is 23.2 Å². The van der Waals surface area contributed by atoms with Gasteiger partial charge in [-0.15, -0.1) is 11.3 Å².